The Morgan fingerprint density at radius 3 is 2.54 bits per heavy atom. The summed E-state index contributed by atoms with van der Waals surface area (Å²) in [5, 5.41) is 10.3. The molecule has 0 atom stereocenters. The molecule has 118 valence electrons. The number of Topliss-reactive ketones (excluding diaryl/α,β-unsaturated/α-hetero) is 1. The molecule has 1 N–H and O–H groups in total. The summed E-state index contributed by atoms with van der Waals surface area (Å²) in [6.07, 6.45) is 2.62. The van der Waals surface area contributed by atoms with Gasteiger partial charge in [-0.1, -0.05) is 49.4 Å². The van der Waals surface area contributed by atoms with Crippen molar-refractivity contribution in [2.45, 2.75) is 20.3 Å². The molecule has 3 rings (SSSR count). The van der Waals surface area contributed by atoms with Gasteiger partial charge in [0.2, 0.25) is 5.78 Å². The van der Waals surface area contributed by atoms with E-state index in [1.54, 1.807) is 6.08 Å². The van der Waals surface area contributed by atoms with Crippen LogP contribution in [0.4, 0.5) is 0 Å². The fourth-order valence-electron chi connectivity index (χ4n) is 2.87. The number of hydrogen-bond donors (Lipinski definition) is 1. The summed E-state index contributed by atoms with van der Waals surface area (Å²) < 4.78 is 0. The van der Waals surface area contributed by atoms with E-state index in [9.17, 15) is 10.1 Å². The Labute approximate surface area is 141 Å². The van der Waals surface area contributed by atoms with E-state index < -0.39 is 0 Å². The number of nitrogens with zero attached hydrogens (tertiary/aromatic N) is 1. The number of allylic oxidation sites excluding steroid dienone is 1. The van der Waals surface area contributed by atoms with E-state index >= 15 is 0 Å². The first-order valence-electron chi connectivity index (χ1n) is 7.96. The standard InChI is InChI=1S/C21H18N2O/c1-3-15-8-10-16(11-9-15)12-17(13-22)21(24)20-14(2)23-19-7-5-4-6-18(19)20/h4-12,23H,3H2,1-2H3/b17-12-. The normalized spacial score (nSPS) is 11.5. The molecular formula is C21H18N2O. The molecule has 0 aliphatic carbocycles. The number of rotatable bonds is 4. The maximum absolute atomic E-state index is 12.9. The van der Waals surface area contributed by atoms with Crippen LogP contribution in [0.2, 0.25) is 0 Å². The highest BCUT2D eigenvalue weighted by Crippen LogP contribution is 2.25. The number of ketones is 1. The minimum Gasteiger partial charge on any atom is -0.358 e. The Balaban J connectivity index is 2.03. The second-order valence-electron chi connectivity index (χ2n) is 5.76. The molecular weight excluding hydrogens is 296 g/mol. The van der Waals surface area contributed by atoms with Crippen LogP contribution in [-0.4, -0.2) is 10.8 Å². The molecule has 0 unspecified atom stereocenters. The lowest BCUT2D eigenvalue weighted by molar-refractivity contribution is 0.104. The van der Waals surface area contributed by atoms with Crippen LogP contribution in [0.3, 0.4) is 0 Å². The summed E-state index contributed by atoms with van der Waals surface area (Å²) in [7, 11) is 0. The van der Waals surface area contributed by atoms with Crippen molar-refractivity contribution in [1.82, 2.24) is 4.98 Å². The topological polar surface area (TPSA) is 56.6 Å². The molecule has 0 spiro atoms. The van der Waals surface area contributed by atoms with E-state index in [1.807, 2.05) is 55.5 Å². The molecule has 1 aromatic heterocycles. The van der Waals surface area contributed by atoms with Crippen molar-refractivity contribution in [3.63, 3.8) is 0 Å². The summed E-state index contributed by atoms with van der Waals surface area (Å²) in [6.45, 7) is 3.95. The maximum atomic E-state index is 12.9. The molecule has 24 heavy (non-hydrogen) atoms. The summed E-state index contributed by atoms with van der Waals surface area (Å²) in [4.78, 5) is 16.1. The maximum Gasteiger partial charge on any atom is 0.205 e. The molecule has 3 aromatic rings. The van der Waals surface area contributed by atoms with Gasteiger partial charge in [-0.3, -0.25) is 4.79 Å². The van der Waals surface area contributed by atoms with Crippen molar-refractivity contribution in [1.29, 1.82) is 5.26 Å². The number of aromatic amines is 1. The second kappa shape index (κ2) is 6.55. The Morgan fingerprint density at radius 2 is 1.88 bits per heavy atom. The number of carbonyl (C=O) groups excluding carboxylic acids is 1. The van der Waals surface area contributed by atoms with E-state index in [0.717, 1.165) is 28.6 Å². The number of aryl methyl sites for hydroxylation is 2. The Morgan fingerprint density at radius 1 is 1.17 bits per heavy atom. The lowest BCUT2D eigenvalue weighted by Gasteiger charge is -2.02. The van der Waals surface area contributed by atoms with E-state index in [2.05, 4.69) is 18.0 Å². The number of H-pyrrole nitrogens is 1. The molecule has 2 aromatic carbocycles. The SMILES string of the molecule is CCc1ccc(/C=C(/C#N)C(=O)c2c(C)[nH]c3ccccc23)cc1. The number of fused-ring (bicyclic) bond motifs is 1. The molecule has 0 saturated heterocycles. The number of para-hydroxylation sites is 1. The highest BCUT2D eigenvalue weighted by Gasteiger charge is 2.19. The van der Waals surface area contributed by atoms with Gasteiger partial charge in [-0.15, -0.1) is 0 Å². The molecule has 3 heteroatoms. The zero-order valence-corrected chi connectivity index (χ0v) is 13.8. The van der Waals surface area contributed by atoms with E-state index in [0.29, 0.717) is 5.56 Å². The van der Waals surface area contributed by atoms with Crippen LogP contribution in [0.15, 0.2) is 54.1 Å². The van der Waals surface area contributed by atoms with Crippen molar-refractivity contribution in [2.24, 2.45) is 0 Å². The quantitative estimate of drug-likeness (QED) is 0.426. The molecule has 0 amide bonds. The Bertz CT molecular complexity index is 969. The predicted molar refractivity (Wildman–Crippen MR) is 96.8 cm³/mol. The van der Waals surface area contributed by atoms with Crippen LogP contribution < -0.4 is 0 Å². The molecule has 0 aliphatic rings. The highest BCUT2D eigenvalue weighted by molar-refractivity contribution is 6.20. The van der Waals surface area contributed by atoms with E-state index in [1.165, 1.54) is 5.56 Å². The highest BCUT2D eigenvalue weighted by atomic mass is 16.1. The third kappa shape index (κ3) is 2.87. The third-order valence-corrected chi connectivity index (χ3v) is 4.18. The number of benzene rings is 2. The summed E-state index contributed by atoms with van der Waals surface area (Å²) >= 11 is 0. The van der Waals surface area contributed by atoms with Gasteiger partial charge in [0.05, 0.1) is 5.56 Å². The first-order chi connectivity index (χ1) is 11.6. The number of carbonyl (C=O) groups is 1. The Kier molecular flexibility index (Phi) is 4.31. The van der Waals surface area contributed by atoms with Crippen molar-refractivity contribution < 1.29 is 4.79 Å². The number of nitriles is 1. The smallest absolute Gasteiger partial charge is 0.205 e. The van der Waals surface area contributed by atoms with Gasteiger partial charge in [-0.05, 0) is 36.6 Å². The Hall–Kier alpha value is -3.12. The van der Waals surface area contributed by atoms with Crippen LogP contribution in [0, 0.1) is 18.3 Å². The van der Waals surface area contributed by atoms with Gasteiger partial charge < -0.3 is 4.98 Å². The zero-order chi connectivity index (χ0) is 17.1. The van der Waals surface area contributed by atoms with Gasteiger partial charge in [-0.2, -0.15) is 5.26 Å². The van der Waals surface area contributed by atoms with Crippen molar-refractivity contribution in [2.75, 3.05) is 0 Å². The van der Waals surface area contributed by atoms with Gasteiger partial charge in [0.1, 0.15) is 11.6 Å². The first kappa shape index (κ1) is 15.8. The first-order valence-corrected chi connectivity index (χ1v) is 7.96. The van der Waals surface area contributed by atoms with Crippen LogP contribution >= 0.6 is 0 Å². The van der Waals surface area contributed by atoms with Crippen LogP contribution in [0.5, 0.6) is 0 Å². The molecule has 0 radical (unpaired) electrons. The third-order valence-electron chi connectivity index (χ3n) is 4.18. The molecule has 0 fully saturated rings. The van der Waals surface area contributed by atoms with E-state index in [-0.39, 0.29) is 11.4 Å². The van der Waals surface area contributed by atoms with E-state index in [4.69, 9.17) is 0 Å². The minimum absolute atomic E-state index is 0.145. The fraction of sp³-hybridized carbons (Fsp3) is 0.143. The number of aromatic nitrogens is 1. The predicted octanol–water partition coefficient (Wildman–Crippen LogP) is 4.83. The largest absolute Gasteiger partial charge is 0.358 e. The van der Waals surface area contributed by atoms with Crippen molar-refractivity contribution >= 4 is 22.8 Å². The molecule has 3 nitrogen and oxygen atoms in total. The minimum atomic E-state index is -0.244. The van der Waals surface area contributed by atoms with Crippen molar-refractivity contribution in [3.8, 4) is 6.07 Å². The van der Waals surface area contributed by atoms with Crippen LogP contribution in [-0.2, 0) is 6.42 Å². The van der Waals surface area contributed by atoms with Crippen LogP contribution in [0.1, 0.15) is 34.1 Å². The average molecular weight is 314 g/mol. The average Bonchev–Trinajstić information content (AvgIpc) is 2.95. The van der Waals surface area contributed by atoms with Crippen LogP contribution in [0.25, 0.3) is 17.0 Å². The molecule has 0 aliphatic heterocycles. The van der Waals surface area contributed by atoms with Gasteiger partial charge in [-0.25, -0.2) is 0 Å². The fourth-order valence-corrected chi connectivity index (χ4v) is 2.87. The van der Waals surface area contributed by atoms with Gasteiger partial charge in [0.25, 0.3) is 0 Å². The van der Waals surface area contributed by atoms with Gasteiger partial charge >= 0.3 is 0 Å². The number of nitrogens with one attached hydrogen (secondary N) is 1. The van der Waals surface area contributed by atoms with Gasteiger partial charge in [0, 0.05) is 16.6 Å². The van der Waals surface area contributed by atoms with Gasteiger partial charge in [0.15, 0.2) is 0 Å². The summed E-state index contributed by atoms with van der Waals surface area (Å²) in [5.41, 5.74) is 4.49. The monoisotopic (exact) mass is 314 g/mol. The lowest BCUT2D eigenvalue weighted by atomic mass is 9.99. The molecule has 0 saturated carbocycles. The molecule has 1 heterocycles. The molecule has 0 bridgehead atoms. The number of hydrogen-bond acceptors (Lipinski definition) is 2. The van der Waals surface area contributed by atoms with Crippen molar-refractivity contribution in [3.05, 3.63) is 76.5 Å². The summed E-state index contributed by atoms with van der Waals surface area (Å²) in [5.74, 6) is -0.244. The second-order valence-corrected chi connectivity index (χ2v) is 5.76. The lowest BCUT2D eigenvalue weighted by Crippen LogP contribution is -2.03. The summed E-state index contributed by atoms with van der Waals surface area (Å²) in [6, 6.07) is 17.6. The zero-order valence-electron chi connectivity index (χ0n) is 13.8.